The van der Waals surface area contributed by atoms with Crippen LogP contribution in [0.4, 0.5) is 0 Å². The summed E-state index contributed by atoms with van der Waals surface area (Å²) in [5.74, 6) is -2.22. The third-order valence-electron chi connectivity index (χ3n) is 7.60. The average molecular weight is 667 g/mol. The van der Waals surface area contributed by atoms with E-state index in [1.165, 1.54) is 27.7 Å². The van der Waals surface area contributed by atoms with Crippen molar-refractivity contribution in [2.75, 3.05) is 0 Å². The number of carbonyl (C=O) groups excluding carboxylic acids is 4. The Morgan fingerprint density at radius 2 is 0.740 bits per heavy atom. The summed E-state index contributed by atoms with van der Waals surface area (Å²) in [4.78, 5) is 49.3. The van der Waals surface area contributed by atoms with Crippen LogP contribution in [-0.2, 0) is 19.2 Å². The van der Waals surface area contributed by atoms with E-state index in [1.54, 1.807) is 30.3 Å². The summed E-state index contributed by atoms with van der Waals surface area (Å²) in [5, 5.41) is 3.41. The van der Waals surface area contributed by atoms with Crippen molar-refractivity contribution >= 4 is 45.4 Å². The highest BCUT2D eigenvalue weighted by atomic mass is 16.6. The third kappa shape index (κ3) is 7.61. The van der Waals surface area contributed by atoms with Crippen molar-refractivity contribution in [1.82, 2.24) is 0 Å². The standard InChI is InChI=1S/C42H34O8/c1-23(2)39(43)47-35-18-16-30(20-36(35)48-40(44)24(3)4)28-11-9-27(10-12-28)29-15-17-33-31(19-29)13-14-32-21-37(49-41(45)25(5)6)38(22-34(32)33)50-42(46)26(7)8/h9-22H,1,3,5,7H2,2,4,6,8H3. The van der Waals surface area contributed by atoms with Crippen LogP contribution < -0.4 is 18.9 Å². The molecule has 0 fully saturated rings. The molecule has 0 amide bonds. The Morgan fingerprint density at radius 3 is 1.22 bits per heavy atom. The quantitative estimate of drug-likeness (QED) is 0.0629. The molecule has 8 nitrogen and oxygen atoms in total. The molecule has 0 aliphatic carbocycles. The molecule has 0 radical (unpaired) electrons. The Hall–Kier alpha value is -6.54. The molecule has 0 atom stereocenters. The molecule has 5 rings (SSSR count). The molecular formula is C42H34O8. The van der Waals surface area contributed by atoms with Gasteiger partial charge in [-0.25, -0.2) is 19.2 Å². The van der Waals surface area contributed by atoms with E-state index >= 15 is 0 Å². The topological polar surface area (TPSA) is 105 Å². The largest absolute Gasteiger partial charge is 0.419 e. The van der Waals surface area contributed by atoms with E-state index in [0.29, 0.717) is 0 Å². The van der Waals surface area contributed by atoms with Crippen molar-refractivity contribution in [3.63, 3.8) is 0 Å². The molecule has 0 saturated carbocycles. The minimum Gasteiger partial charge on any atom is -0.419 e. The molecule has 0 unspecified atom stereocenters. The summed E-state index contributed by atoms with van der Waals surface area (Å²) in [6, 6.07) is 26.0. The van der Waals surface area contributed by atoms with Crippen LogP contribution in [0, 0.1) is 0 Å². The first-order chi connectivity index (χ1) is 23.7. The minimum absolute atomic E-state index is 0.0783. The third-order valence-corrected chi connectivity index (χ3v) is 7.60. The highest BCUT2D eigenvalue weighted by molar-refractivity contribution is 6.10. The van der Waals surface area contributed by atoms with Crippen LogP contribution in [0.3, 0.4) is 0 Å². The molecule has 0 bridgehead atoms. The number of rotatable bonds is 10. The highest BCUT2D eigenvalue weighted by Gasteiger charge is 2.19. The molecule has 50 heavy (non-hydrogen) atoms. The van der Waals surface area contributed by atoms with E-state index in [2.05, 4.69) is 32.4 Å². The van der Waals surface area contributed by atoms with Crippen LogP contribution in [0.15, 0.2) is 134 Å². The second-order valence-corrected chi connectivity index (χ2v) is 11.9. The van der Waals surface area contributed by atoms with E-state index in [4.69, 9.17) is 18.9 Å². The Morgan fingerprint density at radius 1 is 0.380 bits per heavy atom. The zero-order valence-corrected chi connectivity index (χ0v) is 28.2. The zero-order valence-electron chi connectivity index (χ0n) is 28.2. The lowest BCUT2D eigenvalue weighted by Crippen LogP contribution is -2.12. The summed E-state index contributed by atoms with van der Waals surface area (Å²) in [5.41, 5.74) is 4.29. The summed E-state index contributed by atoms with van der Waals surface area (Å²) in [6.07, 6.45) is 0. The number of benzene rings is 5. The van der Waals surface area contributed by atoms with Crippen molar-refractivity contribution < 1.29 is 38.1 Å². The van der Waals surface area contributed by atoms with Gasteiger partial charge < -0.3 is 18.9 Å². The van der Waals surface area contributed by atoms with Crippen LogP contribution in [-0.4, -0.2) is 23.9 Å². The number of ether oxygens (including phenoxy) is 4. The highest BCUT2D eigenvalue weighted by Crippen LogP contribution is 2.39. The minimum atomic E-state index is -0.648. The molecular weight excluding hydrogens is 632 g/mol. The van der Waals surface area contributed by atoms with Crippen molar-refractivity contribution in [1.29, 1.82) is 0 Å². The first kappa shape index (κ1) is 34.8. The summed E-state index contributed by atoms with van der Waals surface area (Å²) < 4.78 is 21.9. The van der Waals surface area contributed by atoms with Gasteiger partial charge >= 0.3 is 23.9 Å². The van der Waals surface area contributed by atoms with Gasteiger partial charge in [-0.3, -0.25) is 0 Å². The molecule has 5 aromatic rings. The van der Waals surface area contributed by atoms with Gasteiger partial charge in [0.1, 0.15) is 0 Å². The maximum absolute atomic E-state index is 12.4. The monoisotopic (exact) mass is 666 g/mol. The predicted molar refractivity (Wildman–Crippen MR) is 194 cm³/mol. The van der Waals surface area contributed by atoms with Gasteiger partial charge in [-0.15, -0.1) is 0 Å². The first-order valence-corrected chi connectivity index (χ1v) is 15.5. The molecule has 0 aliphatic rings. The Balaban J connectivity index is 1.48. The molecule has 0 saturated heterocycles. The number of carbonyl (C=O) groups is 4. The fourth-order valence-electron chi connectivity index (χ4n) is 4.87. The fraction of sp³-hybridized carbons (Fsp3) is 0.0952. The maximum Gasteiger partial charge on any atom is 0.338 e. The molecule has 8 heteroatoms. The normalized spacial score (nSPS) is 10.6. The van der Waals surface area contributed by atoms with Crippen LogP contribution in [0.2, 0.25) is 0 Å². The van der Waals surface area contributed by atoms with Crippen molar-refractivity contribution in [2.24, 2.45) is 0 Å². The first-order valence-electron chi connectivity index (χ1n) is 15.5. The van der Waals surface area contributed by atoms with Crippen molar-refractivity contribution in [2.45, 2.75) is 27.7 Å². The van der Waals surface area contributed by atoms with Gasteiger partial charge in [0.2, 0.25) is 0 Å². The Kier molecular flexibility index (Phi) is 9.94. The molecule has 250 valence electrons. The second-order valence-electron chi connectivity index (χ2n) is 11.9. The number of hydrogen-bond donors (Lipinski definition) is 0. The van der Waals surface area contributed by atoms with Crippen LogP contribution in [0.1, 0.15) is 27.7 Å². The lowest BCUT2D eigenvalue weighted by atomic mass is 9.96. The molecule has 0 aliphatic heterocycles. The SMILES string of the molecule is C=C(C)C(=O)Oc1ccc(-c2ccc(-c3ccc4c(ccc5cc(OC(=O)C(=C)C)c(OC(=O)C(=C)C)cc54)c3)cc2)cc1OC(=O)C(=C)C. The fourth-order valence-corrected chi connectivity index (χ4v) is 4.87. The molecule has 0 spiro atoms. The average Bonchev–Trinajstić information content (AvgIpc) is 3.08. The number of fused-ring (bicyclic) bond motifs is 3. The van der Waals surface area contributed by atoms with E-state index in [-0.39, 0.29) is 45.3 Å². The lowest BCUT2D eigenvalue weighted by Gasteiger charge is -2.14. The van der Waals surface area contributed by atoms with Gasteiger partial charge in [0.25, 0.3) is 0 Å². The molecule has 0 heterocycles. The predicted octanol–water partition coefficient (Wildman–Crippen LogP) is 9.25. The van der Waals surface area contributed by atoms with Gasteiger partial charge in [0.15, 0.2) is 23.0 Å². The van der Waals surface area contributed by atoms with E-state index in [9.17, 15) is 19.2 Å². The van der Waals surface area contributed by atoms with Crippen LogP contribution in [0.25, 0.3) is 43.8 Å². The van der Waals surface area contributed by atoms with Gasteiger partial charge in [-0.1, -0.05) is 80.9 Å². The van der Waals surface area contributed by atoms with Crippen LogP contribution >= 0.6 is 0 Å². The summed E-state index contributed by atoms with van der Waals surface area (Å²) >= 11 is 0. The second kappa shape index (κ2) is 14.3. The van der Waals surface area contributed by atoms with Crippen LogP contribution in [0.5, 0.6) is 23.0 Å². The zero-order chi connectivity index (χ0) is 36.3. The van der Waals surface area contributed by atoms with Crippen molar-refractivity contribution in [3.8, 4) is 45.3 Å². The maximum atomic E-state index is 12.4. The van der Waals surface area contributed by atoms with Gasteiger partial charge in [0.05, 0.1) is 0 Å². The summed E-state index contributed by atoms with van der Waals surface area (Å²) in [7, 11) is 0. The smallest absolute Gasteiger partial charge is 0.338 e. The Bertz CT molecular complexity index is 2290. The van der Waals surface area contributed by atoms with E-state index < -0.39 is 23.9 Å². The molecule has 0 N–H and O–H groups in total. The van der Waals surface area contributed by atoms with Gasteiger partial charge in [-0.2, -0.15) is 0 Å². The summed E-state index contributed by atoms with van der Waals surface area (Å²) in [6.45, 7) is 20.6. The number of hydrogen-bond acceptors (Lipinski definition) is 8. The van der Waals surface area contributed by atoms with Gasteiger partial charge in [-0.05, 0) is 102 Å². The molecule has 0 aromatic heterocycles. The van der Waals surface area contributed by atoms with E-state index in [1.807, 2.05) is 48.5 Å². The van der Waals surface area contributed by atoms with Crippen molar-refractivity contribution in [3.05, 3.63) is 134 Å². The van der Waals surface area contributed by atoms with Gasteiger partial charge in [0, 0.05) is 22.3 Å². The van der Waals surface area contributed by atoms with E-state index in [0.717, 1.165) is 43.8 Å². The lowest BCUT2D eigenvalue weighted by molar-refractivity contribution is -0.132. The Labute approximate surface area is 289 Å². The number of esters is 4. The molecule has 5 aromatic carbocycles.